The van der Waals surface area contributed by atoms with Crippen molar-refractivity contribution in [2.24, 2.45) is 0 Å². The number of halogens is 1. The maximum Gasteiger partial charge on any atom is 0.291 e. The molecule has 0 saturated carbocycles. The second-order valence-corrected chi connectivity index (χ2v) is 10.4. The van der Waals surface area contributed by atoms with Crippen LogP contribution in [0.25, 0.3) is 11.0 Å². The van der Waals surface area contributed by atoms with Gasteiger partial charge < -0.3 is 9.32 Å². The molecule has 5 rings (SSSR count). The predicted molar refractivity (Wildman–Crippen MR) is 136 cm³/mol. The summed E-state index contributed by atoms with van der Waals surface area (Å²) in [4.78, 5) is 29.1. The molecule has 0 N–H and O–H groups in total. The van der Waals surface area contributed by atoms with E-state index in [-0.39, 0.29) is 22.5 Å². The fourth-order valence-electron chi connectivity index (χ4n) is 4.60. The van der Waals surface area contributed by atoms with Crippen LogP contribution in [0, 0.1) is 6.92 Å². The molecule has 34 heavy (non-hydrogen) atoms. The lowest BCUT2D eigenvalue weighted by atomic mass is 9.86. The number of rotatable bonds is 3. The Morgan fingerprint density at radius 2 is 1.65 bits per heavy atom. The number of benzene rings is 3. The van der Waals surface area contributed by atoms with Gasteiger partial charge in [0, 0.05) is 11.6 Å². The molecule has 0 radical (unpaired) electrons. The standard InChI is InChI=1S/C29H26ClNO3/c1-17-14-23-21(15-22(17)30)26(32)24-25(19-10-12-20(13-11-19)29(2,3)4)31(28(33)27(24)34-23)16-18-8-6-5-7-9-18/h5-15,25H,16H2,1-4H3. The fourth-order valence-corrected chi connectivity index (χ4v) is 4.76. The third kappa shape index (κ3) is 3.72. The smallest absolute Gasteiger partial charge is 0.291 e. The molecule has 0 saturated heterocycles. The largest absolute Gasteiger partial charge is 0.450 e. The van der Waals surface area contributed by atoms with E-state index in [1.165, 1.54) is 5.56 Å². The molecule has 0 spiro atoms. The van der Waals surface area contributed by atoms with Crippen molar-refractivity contribution in [3.05, 3.63) is 116 Å². The monoisotopic (exact) mass is 471 g/mol. The van der Waals surface area contributed by atoms with Crippen molar-refractivity contribution in [1.29, 1.82) is 0 Å². The maximum atomic E-state index is 13.7. The molecule has 0 aliphatic carbocycles. The number of hydrogen-bond donors (Lipinski definition) is 0. The summed E-state index contributed by atoms with van der Waals surface area (Å²) in [5, 5.41) is 0.885. The van der Waals surface area contributed by atoms with Crippen molar-refractivity contribution in [2.45, 2.75) is 45.7 Å². The summed E-state index contributed by atoms with van der Waals surface area (Å²) in [5.41, 5.74) is 4.36. The van der Waals surface area contributed by atoms with E-state index >= 15 is 0 Å². The molecule has 0 bridgehead atoms. The number of fused-ring (bicyclic) bond motifs is 2. The Bertz CT molecular complexity index is 1460. The Morgan fingerprint density at radius 3 is 2.29 bits per heavy atom. The van der Waals surface area contributed by atoms with Crippen LogP contribution in [0.2, 0.25) is 5.02 Å². The van der Waals surface area contributed by atoms with Crippen molar-refractivity contribution < 1.29 is 9.21 Å². The molecule has 1 unspecified atom stereocenters. The van der Waals surface area contributed by atoms with Crippen LogP contribution >= 0.6 is 11.6 Å². The van der Waals surface area contributed by atoms with Crippen LogP contribution in [0.4, 0.5) is 0 Å². The second kappa shape index (κ2) is 8.14. The molecule has 1 aliphatic rings. The van der Waals surface area contributed by atoms with Gasteiger partial charge in [-0.1, -0.05) is 87.0 Å². The summed E-state index contributed by atoms with van der Waals surface area (Å²) in [6.45, 7) is 8.68. The molecule has 1 amide bonds. The van der Waals surface area contributed by atoms with E-state index in [0.29, 0.717) is 28.1 Å². The SMILES string of the molecule is Cc1cc2oc3c(c(=O)c2cc1Cl)C(c1ccc(C(C)(C)C)cc1)N(Cc1ccccc1)C3=O. The lowest BCUT2D eigenvalue weighted by Crippen LogP contribution is -2.29. The normalized spacial score (nSPS) is 15.7. The first kappa shape index (κ1) is 22.4. The third-order valence-corrected chi connectivity index (χ3v) is 6.94. The van der Waals surface area contributed by atoms with Gasteiger partial charge in [-0.3, -0.25) is 9.59 Å². The topological polar surface area (TPSA) is 50.5 Å². The molecule has 2 heterocycles. The molecular formula is C29H26ClNO3. The highest BCUT2D eigenvalue weighted by molar-refractivity contribution is 6.32. The second-order valence-electron chi connectivity index (χ2n) is 9.96. The van der Waals surface area contributed by atoms with Crippen LogP contribution in [-0.2, 0) is 12.0 Å². The molecule has 1 aliphatic heterocycles. The highest BCUT2D eigenvalue weighted by atomic mass is 35.5. The highest BCUT2D eigenvalue weighted by Gasteiger charge is 2.42. The third-order valence-electron chi connectivity index (χ3n) is 6.54. The van der Waals surface area contributed by atoms with Crippen LogP contribution < -0.4 is 5.43 Å². The Kier molecular flexibility index (Phi) is 5.37. The van der Waals surface area contributed by atoms with Gasteiger partial charge in [-0.15, -0.1) is 0 Å². The number of carbonyl (C=O) groups is 1. The first-order valence-corrected chi connectivity index (χ1v) is 11.7. The Morgan fingerprint density at radius 1 is 0.971 bits per heavy atom. The minimum atomic E-state index is -0.544. The van der Waals surface area contributed by atoms with E-state index in [4.69, 9.17) is 16.0 Å². The summed E-state index contributed by atoms with van der Waals surface area (Å²) in [7, 11) is 0. The van der Waals surface area contributed by atoms with Crippen LogP contribution in [0.5, 0.6) is 0 Å². The number of carbonyl (C=O) groups excluding carboxylic acids is 1. The molecule has 1 aromatic heterocycles. The van der Waals surface area contributed by atoms with E-state index in [9.17, 15) is 9.59 Å². The van der Waals surface area contributed by atoms with Crippen molar-refractivity contribution in [3.63, 3.8) is 0 Å². The van der Waals surface area contributed by atoms with Crippen LogP contribution in [0.1, 0.15) is 65.2 Å². The molecule has 3 aromatic carbocycles. The number of aryl methyl sites for hydroxylation is 1. The minimum absolute atomic E-state index is 0.00447. The van der Waals surface area contributed by atoms with Gasteiger partial charge in [0.2, 0.25) is 5.76 Å². The summed E-state index contributed by atoms with van der Waals surface area (Å²) in [5.74, 6) is -0.171. The first-order chi connectivity index (χ1) is 16.1. The molecule has 1 atom stereocenters. The molecule has 4 nitrogen and oxygen atoms in total. The van der Waals surface area contributed by atoms with Crippen LogP contribution in [0.3, 0.4) is 0 Å². The summed E-state index contributed by atoms with van der Waals surface area (Å²) in [6.07, 6.45) is 0. The van der Waals surface area contributed by atoms with E-state index in [0.717, 1.165) is 16.7 Å². The van der Waals surface area contributed by atoms with E-state index in [1.54, 1.807) is 17.0 Å². The van der Waals surface area contributed by atoms with Gasteiger partial charge in [0.1, 0.15) is 5.58 Å². The van der Waals surface area contributed by atoms with Gasteiger partial charge in [-0.05, 0) is 46.7 Å². The summed E-state index contributed by atoms with van der Waals surface area (Å²) < 4.78 is 6.08. The van der Waals surface area contributed by atoms with Crippen LogP contribution in [0.15, 0.2) is 75.9 Å². The van der Waals surface area contributed by atoms with Crippen molar-refractivity contribution in [2.75, 3.05) is 0 Å². The van der Waals surface area contributed by atoms with E-state index in [1.807, 2.05) is 49.4 Å². The quantitative estimate of drug-likeness (QED) is 0.330. The maximum absolute atomic E-state index is 13.7. The number of nitrogens with zero attached hydrogens (tertiary/aromatic N) is 1. The van der Waals surface area contributed by atoms with E-state index in [2.05, 4.69) is 32.9 Å². The zero-order valence-corrected chi connectivity index (χ0v) is 20.4. The molecule has 5 heteroatoms. The Labute approximate surface area is 203 Å². The molecule has 172 valence electrons. The molecule has 0 fully saturated rings. The van der Waals surface area contributed by atoms with Crippen molar-refractivity contribution in [1.82, 2.24) is 4.90 Å². The van der Waals surface area contributed by atoms with Gasteiger partial charge in [0.05, 0.1) is 17.0 Å². The Balaban J connectivity index is 1.72. The van der Waals surface area contributed by atoms with Gasteiger partial charge in [0.25, 0.3) is 5.91 Å². The van der Waals surface area contributed by atoms with E-state index < -0.39 is 6.04 Å². The zero-order chi connectivity index (χ0) is 24.2. The average Bonchev–Trinajstić information content (AvgIpc) is 3.07. The van der Waals surface area contributed by atoms with Gasteiger partial charge >= 0.3 is 0 Å². The van der Waals surface area contributed by atoms with Gasteiger partial charge in [0.15, 0.2) is 5.43 Å². The van der Waals surface area contributed by atoms with Crippen molar-refractivity contribution >= 4 is 28.5 Å². The highest BCUT2D eigenvalue weighted by Crippen LogP contribution is 2.40. The lowest BCUT2D eigenvalue weighted by Gasteiger charge is -2.26. The average molecular weight is 472 g/mol. The Hall–Kier alpha value is -3.37. The van der Waals surface area contributed by atoms with Gasteiger partial charge in [-0.25, -0.2) is 0 Å². The van der Waals surface area contributed by atoms with Crippen LogP contribution in [-0.4, -0.2) is 10.8 Å². The predicted octanol–water partition coefficient (Wildman–Crippen LogP) is 6.80. The zero-order valence-electron chi connectivity index (χ0n) is 19.7. The number of amides is 1. The molecular weight excluding hydrogens is 446 g/mol. The fraction of sp³-hybridized carbons (Fsp3) is 0.241. The minimum Gasteiger partial charge on any atom is -0.450 e. The van der Waals surface area contributed by atoms with Gasteiger partial charge in [-0.2, -0.15) is 0 Å². The molecule has 4 aromatic rings. The van der Waals surface area contributed by atoms with Crippen molar-refractivity contribution in [3.8, 4) is 0 Å². The number of hydrogen-bond acceptors (Lipinski definition) is 3. The summed E-state index contributed by atoms with van der Waals surface area (Å²) in [6, 6.07) is 20.8. The lowest BCUT2D eigenvalue weighted by molar-refractivity contribution is 0.0714. The summed E-state index contributed by atoms with van der Waals surface area (Å²) >= 11 is 6.33. The first-order valence-electron chi connectivity index (χ1n) is 11.4.